The molecular formula is C20H18N4. The molecule has 0 amide bonds. The third kappa shape index (κ3) is 2.86. The van der Waals surface area contributed by atoms with Gasteiger partial charge in [-0.25, -0.2) is 9.97 Å². The predicted octanol–water partition coefficient (Wildman–Crippen LogP) is 4.55. The molecule has 0 fully saturated rings. The van der Waals surface area contributed by atoms with Gasteiger partial charge in [-0.15, -0.1) is 0 Å². The Morgan fingerprint density at radius 3 is 2.71 bits per heavy atom. The first-order chi connectivity index (χ1) is 11.8. The fourth-order valence-electron chi connectivity index (χ4n) is 2.78. The number of imidazole rings is 1. The zero-order valence-corrected chi connectivity index (χ0v) is 13.5. The van der Waals surface area contributed by atoms with Gasteiger partial charge >= 0.3 is 0 Å². The molecule has 0 unspecified atom stereocenters. The molecule has 2 aromatic carbocycles. The van der Waals surface area contributed by atoms with E-state index in [9.17, 15) is 0 Å². The molecular weight excluding hydrogens is 296 g/mol. The van der Waals surface area contributed by atoms with Crippen molar-refractivity contribution < 1.29 is 0 Å². The Bertz CT molecular complexity index is 973. The van der Waals surface area contributed by atoms with Crippen LogP contribution in [0, 0.1) is 6.92 Å². The molecule has 0 aliphatic rings. The molecule has 4 heteroatoms. The SMILES string of the molecule is Cc1cccc(-c2nc3c(NCc4ccccc4)nccc3[nH]2)c1. The van der Waals surface area contributed by atoms with Crippen molar-refractivity contribution in [2.45, 2.75) is 13.5 Å². The van der Waals surface area contributed by atoms with E-state index in [4.69, 9.17) is 4.98 Å². The zero-order chi connectivity index (χ0) is 16.4. The number of pyridine rings is 1. The number of benzene rings is 2. The van der Waals surface area contributed by atoms with Gasteiger partial charge < -0.3 is 10.3 Å². The normalized spacial score (nSPS) is 10.9. The first-order valence-corrected chi connectivity index (χ1v) is 7.99. The van der Waals surface area contributed by atoms with Crippen LogP contribution in [-0.2, 0) is 6.54 Å². The van der Waals surface area contributed by atoms with E-state index in [-0.39, 0.29) is 0 Å². The molecule has 4 nitrogen and oxygen atoms in total. The molecule has 0 spiro atoms. The topological polar surface area (TPSA) is 53.6 Å². The molecule has 24 heavy (non-hydrogen) atoms. The van der Waals surface area contributed by atoms with Crippen molar-refractivity contribution in [3.05, 3.63) is 78.0 Å². The molecule has 0 aliphatic carbocycles. The highest BCUT2D eigenvalue weighted by Crippen LogP contribution is 2.25. The quantitative estimate of drug-likeness (QED) is 0.581. The van der Waals surface area contributed by atoms with E-state index in [0.717, 1.165) is 34.8 Å². The molecule has 0 aliphatic heterocycles. The first-order valence-electron chi connectivity index (χ1n) is 7.99. The second-order valence-corrected chi connectivity index (χ2v) is 5.85. The standard InChI is InChI=1S/C20H18N4/c1-14-6-5-9-16(12-14)19-23-17-10-11-21-20(18(17)24-19)22-13-15-7-3-2-4-8-15/h2-12H,13H2,1H3,(H,21,22)(H,23,24). The Kier molecular flexibility index (Phi) is 3.71. The summed E-state index contributed by atoms with van der Waals surface area (Å²) in [5, 5.41) is 3.39. The van der Waals surface area contributed by atoms with Crippen molar-refractivity contribution in [3.8, 4) is 11.4 Å². The van der Waals surface area contributed by atoms with Gasteiger partial charge in [0.25, 0.3) is 0 Å². The molecule has 2 N–H and O–H groups in total. The minimum absolute atomic E-state index is 0.722. The van der Waals surface area contributed by atoms with Crippen LogP contribution in [0.15, 0.2) is 66.9 Å². The van der Waals surface area contributed by atoms with Crippen LogP contribution in [0.4, 0.5) is 5.82 Å². The fourth-order valence-corrected chi connectivity index (χ4v) is 2.78. The maximum absolute atomic E-state index is 4.76. The van der Waals surface area contributed by atoms with E-state index >= 15 is 0 Å². The number of hydrogen-bond donors (Lipinski definition) is 2. The lowest BCUT2D eigenvalue weighted by Gasteiger charge is -2.05. The van der Waals surface area contributed by atoms with Crippen molar-refractivity contribution in [3.63, 3.8) is 0 Å². The van der Waals surface area contributed by atoms with Gasteiger partial charge in [0.2, 0.25) is 0 Å². The van der Waals surface area contributed by atoms with Crippen LogP contribution in [0.25, 0.3) is 22.4 Å². The Morgan fingerprint density at radius 1 is 1.00 bits per heavy atom. The summed E-state index contributed by atoms with van der Waals surface area (Å²) in [6.45, 7) is 2.81. The van der Waals surface area contributed by atoms with Gasteiger partial charge in [0.1, 0.15) is 11.3 Å². The largest absolute Gasteiger partial charge is 0.364 e. The molecule has 4 aromatic rings. The average molecular weight is 314 g/mol. The average Bonchev–Trinajstić information content (AvgIpc) is 3.06. The van der Waals surface area contributed by atoms with Crippen LogP contribution >= 0.6 is 0 Å². The second kappa shape index (κ2) is 6.16. The lowest BCUT2D eigenvalue weighted by atomic mass is 10.1. The molecule has 118 valence electrons. The van der Waals surface area contributed by atoms with Crippen LogP contribution in [0.2, 0.25) is 0 Å². The van der Waals surface area contributed by atoms with Crippen LogP contribution in [0.5, 0.6) is 0 Å². The number of aromatic nitrogens is 3. The summed E-state index contributed by atoms with van der Waals surface area (Å²) in [6.07, 6.45) is 1.80. The van der Waals surface area contributed by atoms with Gasteiger partial charge in [-0.2, -0.15) is 0 Å². The number of fused-ring (bicyclic) bond motifs is 1. The summed E-state index contributed by atoms with van der Waals surface area (Å²) >= 11 is 0. The van der Waals surface area contributed by atoms with Crippen molar-refractivity contribution in [1.29, 1.82) is 0 Å². The number of aromatic amines is 1. The van der Waals surface area contributed by atoms with Crippen molar-refractivity contribution in [2.75, 3.05) is 5.32 Å². The minimum atomic E-state index is 0.722. The molecule has 0 radical (unpaired) electrons. The van der Waals surface area contributed by atoms with Gasteiger partial charge in [0.15, 0.2) is 5.82 Å². The Balaban J connectivity index is 1.67. The van der Waals surface area contributed by atoms with Crippen molar-refractivity contribution >= 4 is 16.9 Å². The predicted molar refractivity (Wildman–Crippen MR) is 97.8 cm³/mol. The van der Waals surface area contributed by atoms with Crippen molar-refractivity contribution in [1.82, 2.24) is 15.0 Å². The maximum atomic E-state index is 4.76. The second-order valence-electron chi connectivity index (χ2n) is 5.85. The van der Waals surface area contributed by atoms with Crippen LogP contribution in [0.3, 0.4) is 0 Å². The number of H-pyrrole nitrogens is 1. The van der Waals surface area contributed by atoms with E-state index < -0.39 is 0 Å². The van der Waals surface area contributed by atoms with E-state index in [0.29, 0.717) is 0 Å². The highest BCUT2D eigenvalue weighted by molar-refractivity contribution is 5.88. The van der Waals surface area contributed by atoms with Gasteiger partial charge in [0, 0.05) is 18.3 Å². The van der Waals surface area contributed by atoms with Crippen LogP contribution in [-0.4, -0.2) is 15.0 Å². The summed E-state index contributed by atoms with van der Waals surface area (Å²) in [5.41, 5.74) is 5.36. The smallest absolute Gasteiger partial charge is 0.154 e. The van der Waals surface area contributed by atoms with Crippen LogP contribution in [0.1, 0.15) is 11.1 Å². The Morgan fingerprint density at radius 2 is 1.88 bits per heavy atom. The number of nitrogens with one attached hydrogen (secondary N) is 2. The van der Waals surface area contributed by atoms with Crippen molar-refractivity contribution in [2.24, 2.45) is 0 Å². The summed E-state index contributed by atoms with van der Waals surface area (Å²) in [7, 11) is 0. The first kappa shape index (κ1) is 14.5. The molecule has 0 saturated carbocycles. The Labute approximate surface area is 140 Å². The molecule has 2 aromatic heterocycles. The third-order valence-corrected chi connectivity index (χ3v) is 4.00. The Hall–Kier alpha value is -3.14. The molecule has 4 rings (SSSR count). The monoisotopic (exact) mass is 314 g/mol. The summed E-state index contributed by atoms with van der Waals surface area (Å²) in [6, 6.07) is 20.6. The molecule has 0 bridgehead atoms. The molecule has 0 saturated heterocycles. The van der Waals surface area contributed by atoms with Gasteiger partial charge in [-0.3, -0.25) is 0 Å². The minimum Gasteiger partial charge on any atom is -0.364 e. The number of nitrogens with zero attached hydrogens (tertiary/aromatic N) is 2. The third-order valence-electron chi connectivity index (χ3n) is 4.00. The maximum Gasteiger partial charge on any atom is 0.154 e. The van der Waals surface area contributed by atoms with E-state index in [1.807, 2.05) is 30.3 Å². The number of aryl methyl sites for hydroxylation is 1. The lowest BCUT2D eigenvalue weighted by molar-refractivity contribution is 1.12. The van der Waals surface area contributed by atoms with E-state index in [1.165, 1.54) is 11.1 Å². The molecule has 2 heterocycles. The molecule has 0 atom stereocenters. The van der Waals surface area contributed by atoms with E-state index in [1.54, 1.807) is 6.20 Å². The highest BCUT2D eigenvalue weighted by Gasteiger charge is 2.10. The zero-order valence-electron chi connectivity index (χ0n) is 13.5. The van der Waals surface area contributed by atoms with E-state index in [2.05, 4.69) is 52.5 Å². The summed E-state index contributed by atoms with van der Waals surface area (Å²) in [5.74, 6) is 1.66. The summed E-state index contributed by atoms with van der Waals surface area (Å²) in [4.78, 5) is 12.6. The summed E-state index contributed by atoms with van der Waals surface area (Å²) < 4.78 is 0. The van der Waals surface area contributed by atoms with Gasteiger partial charge in [-0.05, 0) is 24.6 Å². The highest BCUT2D eigenvalue weighted by atomic mass is 15.0. The lowest BCUT2D eigenvalue weighted by Crippen LogP contribution is -2.01. The van der Waals surface area contributed by atoms with Gasteiger partial charge in [-0.1, -0.05) is 54.1 Å². The fraction of sp³-hybridized carbons (Fsp3) is 0.100. The number of anilines is 1. The van der Waals surface area contributed by atoms with Crippen LogP contribution < -0.4 is 5.32 Å². The number of rotatable bonds is 4. The van der Waals surface area contributed by atoms with Gasteiger partial charge in [0.05, 0.1) is 5.52 Å². The number of hydrogen-bond acceptors (Lipinski definition) is 3.